The van der Waals surface area contributed by atoms with E-state index in [4.69, 9.17) is 23.2 Å². The summed E-state index contributed by atoms with van der Waals surface area (Å²) >= 11 is 12.3. The van der Waals surface area contributed by atoms with Crippen molar-refractivity contribution in [3.8, 4) is 5.69 Å². The van der Waals surface area contributed by atoms with Gasteiger partial charge in [-0.15, -0.1) is 0 Å². The lowest BCUT2D eigenvalue weighted by atomic mass is 10.1. The third-order valence-corrected chi connectivity index (χ3v) is 8.71. The van der Waals surface area contributed by atoms with Crippen LogP contribution in [0.1, 0.15) is 33.6 Å². The van der Waals surface area contributed by atoms with Crippen LogP contribution < -0.4 is 9.73 Å². The molecule has 7 nitrogen and oxygen atoms in total. The Hall–Kier alpha value is -3.59. The van der Waals surface area contributed by atoms with Crippen molar-refractivity contribution in [2.45, 2.75) is 39.5 Å². The molecule has 0 fully saturated rings. The number of halogens is 2. The number of amides is 1. The summed E-state index contributed by atoms with van der Waals surface area (Å²) < 4.78 is 30.3. The zero-order valence-electron chi connectivity index (χ0n) is 22.9. The van der Waals surface area contributed by atoms with Crippen LogP contribution in [0.15, 0.2) is 76.7 Å². The Balaban J connectivity index is 1.58. The molecular formula is C30H30Cl2N4O3S. The van der Waals surface area contributed by atoms with E-state index in [-0.39, 0.29) is 20.6 Å². The second-order valence-corrected chi connectivity index (χ2v) is 12.4. The summed E-state index contributed by atoms with van der Waals surface area (Å²) in [5, 5.41) is 4.60. The minimum Gasteiger partial charge on any atom is -0.318 e. The van der Waals surface area contributed by atoms with Gasteiger partial charge >= 0.3 is 0 Å². The van der Waals surface area contributed by atoms with Crippen molar-refractivity contribution in [1.82, 2.24) is 9.99 Å². The Bertz CT molecular complexity index is 1690. The van der Waals surface area contributed by atoms with Crippen molar-refractivity contribution in [2.75, 3.05) is 10.8 Å². The SMILES string of the molecule is Cc1ccc(S(=O)(=O)N(CC(=O)N/N=C\c2cc(C)n(-c3ccc(C)cc3C)c2C)c2cc(Cl)cc(Cl)c2)cc1. The topological polar surface area (TPSA) is 83.8 Å². The zero-order chi connectivity index (χ0) is 29.2. The van der Waals surface area contributed by atoms with Crippen LogP contribution in [-0.4, -0.2) is 31.7 Å². The molecule has 3 aromatic carbocycles. The summed E-state index contributed by atoms with van der Waals surface area (Å²) in [5.41, 5.74) is 9.73. The van der Waals surface area contributed by atoms with Gasteiger partial charge in [-0.05, 0) is 82.6 Å². The van der Waals surface area contributed by atoms with Crippen LogP contribution in [0.2, 0.25) is 10.0 Å². The average Bonchev–Trinajstić information content (AvgIpc) is 3.15. The first-order valence-electron chi connectivity index (χ1n) is 12.5. The largest absolute Gasteiger partial charge is 0.318 e. The molecule has 0 spiro atoms. The van der Waals surface area contributed by atoms with Crippen molar-refractivity contribution >= 4 is 51.0 Å². The summed E-state index contributed by atoms with van der Waals surface area (Å²) in [6, 6.07) is 19.0. The Kier molecular flexibility index (Phi) is 8.73. The molecule has 0 unspecified atom stereocenters. The standard InChI is InChI=1S/C30H30Cl2N4O3S/c1-19-6-9-28(10-7-19)40(38,39)35(27-15-25(31)14-26(32)16-27)18-30(37)34-33-17-24-13-22(4)36(23(24)5)29-11-8-20(2)12-21(29)3/h6-17H,18H2,1-5H3,(H,34,37)/b33-17-. The number of aromatic nitrogens is 1. The fraction of sp³-hybridized carbons (Fsp3) is 0.200. The lowest BCUT2D eigenvalue weighted by molar-refractivity contribution is -0.119. The lowest BCUT2D eigenvalue weighted by Crippen LogP contribution is -2.39. The first-order valence-corrected chi connectivity index (χ1v) is 14.7. The number of carbonyl (C=O) groups is 1. The second-order valence-electron chi connectivity index (χ2n) is 9.70. The monoisotopic (exact) mass is 596 g/mol. The molecule has 40 heavy (non-hydrogen) atoms. The van der Waals surface area contributed by atoms with Crippen LogP contribution in [-0.2, 0) is 14.8 Å². The smallest absolute Gasteiger partial charge is 0.264 e. The van der Waals surface area contributed by atoms with E-state index in [2.05, 4.69) is 47.1 Å². The minimum atomic E-state index is -4.12. The van der Waals surface area contributed by atoms with Gasteiger partial charge in [0.1, 0.15) is 6.54 Å². The summed E-state index contributed by atoms with van der Waals surface area (Å²) in [7, 11) is -4.12. The number of benzene rings is 3. The van der Waals surface area contributed by atoms with Gasteiger partial charge in [0.05, 0.1) is 16.8 Å². The van der Waals surface area contributed by atoms with Crippen molar-refractivity contribution in [2.24, 2.45) is 5.10 Å². The highest BCUT2D eigenvalue weighted by Crippen LogP contribution is 2.30. The Labute approximate surface area is 245 Å². The number of hydrogen-bond acceptors (Lipinski definition) is 4. The van der Waals surface area contributed by atoms with Crippen LogP contribution in [0.5, 0.6) is 0 Å². The highest BCUT2D eigenvalue weighted by Gasteiger charge is 2.28. The molecule has 1 aromatic heterocycles. The van der Waals surface area contributed by atoms with Gasteiger partial charge in [0.25, 0.3) is 15.9 Å². The number of hydrogen-bond donors (Lipinski definition) is 1. The third kappa shape index (κ3) is 6.41. The van der Waals surface area contributed by atoms with E-state index in [1.807, 2.05) is 26.8 Å². The van der Waals surface area contributed by atoms with Crippen molar-refractivity contribution in [3.05, 3.63) is 110 Å². The second kappa shape index (κ2) is 11.9. The molecule has 4 rings (SSSR count). The summed E-state index contributed by atoms with van der Waals surface area (Å²) in [6.07, 6.45) is 1.55. The average molecular weight is 598 g/mol. The zero-order valence-corrected chi connectivity index (χ0v) is 25.2. The van der Waals surface area contributed by atoms with E-state index in [9.17, 15) is 13.2 Å². The summed E-state index contributed by atoms with van der Waals surface area (Å²) in [5.74, 6) is -0.633. The van der Waals surface area contributed by atoms with Crippen LogP contribution in [0.25, 0.3) is 5.69 Å². The number of nitrogens with one attached hydrogen (secondary N) is 1. The molecule has 0 atom stereocenters. The molecule has 10 heteroatoms. The van der Waals surface area contributed by atoms with Crippen LogP contribution >= 0.6 is 23.2 Å². The molecule has 0 aliphatic rings. The van der Waals surface area contributed by atoms with Crippen LogP contribution in [0.3, 0.4) is 0 Å². The Morgan fingerprint density at radius 2 is 1.52 bits per heavy atom. The molecule has 0 saturated carbocycles. The third-order valence-electron chi connectivity index (χ3n) is 6.49. The highest BCUT2D eigenvalue weighted by atomic mass is 35.5. The minimum absolute atomic E-state index is 0.0318. The molecular weight excluding hydrogens is 567 g/mol. The Morgan fingerprint density at radius 3 is 2.15 bits per heavy atom. The molecule has 0 saturated heterocycles. The van der Waals surface area contributed by atoms with Crippen LogP contribution in [0.4, 0.5) is 5.69 Å². The van der Waals surface area contributed by atoms with Gasteiger partial charge in [-0.1, -0.05) is 58.6 Å². The number of nitrogens with zero attached hydrogens (tertiary/aromatic N) is 3. The lowest BCUT2D eigenvalue weighted by Gasteiger charge is -2.24. The number of hydrazone groups is 1. The van der Waals surface area contributed by atoms with Gasteiger partial charge in [0.15, 0.2) is 0 Å². The van der Waals surface area contributed by atoms with E-state index >= 15 is 0 Å². The number of carbonyl (C=O) groups excluding carboxylic acids is 1. The van der Waals surface area contributed by atoms with Gasteiger partial charge < -0.3 is 4.57 Å². The van der Waals surface area contributed by atoms with E-state index in [1.165, 1.54) is 35.9 Å². The van der Waals surface area contributed by atoms with E-state index < -0.39 is 22.5 Å². The Morgan fingerprint density at radius 1 is 0.900 bits per heavy atom. The fourth-order valence-corrected chi connectivity index (χ4v) is 6.44. The van der Waals surface area contributed by atoms with Crippen molar-refractivity contribution in [3.63, 3.8) is 0 Å². The molecule has 1 heterocycles. The summed E-state index contributed by atoms with van der Waals surface area (Å²) in [6.45, 7) is 9.43. The molecule has 1 amide bonds. The normalized spacial score (nSPS) is 11.7. The number of sulfonamides is 1. The van der Waals surface area contributed by atoms with Gasteiger partial charge in [-0.3, -0.25) is 9.10 Å². The number of anilines is 1. The first-order chi connectivity index (χ1) is 18.9. The van der Waals surface area contributed by atoms with Crippen molar-refractivity contribution < 1.29 is 13.2 Å². The van der Waals surface area contributed by atoms with Gasteiger partial charge in [-0.25, -0.2) is 13.8 Å². The molecule has 0 bridgehead atoms. The van der Waals surface area contributed by atoms with E-state index in [0.717, 1.165) is 38.1 Å². The first kappa shape index (κ1) is 29.4. The van der Waals surface area contributed by atoms with Gasteiger partial charge in [0.2, 0.25) is 0 Å². The maximum atomic E-state index is 13.6. The molecule has 208 valence electrons. The molecule has 0 radical (unpaired) electrons. The fourth-order valence-electron chi connectivity index (χ4n) is 4.52. The molecule has 4 aromatic rings. The maximum Gasteiger partial charge on any atom is 0.264 e. The van der Waals surface area contributed by atoms with Crippen LogP contribution in [0, 0.1) is 34.6 Å². The van der Waals surface area contributed by atoms with Crippen molar-refractivity contribution in [1.29, 1.82) is 0 Å². The molecule has 1 N–H and O–H groups in total. The van der Waals surface area contributed by atoms with E-state index in [1.54, 1.807) is 18.3 Å². The quantitative estimate of drug-likeness (QED) is 0.182. The predicted octanol–water partition coefficient (Wildman–Crippen LogP) is 6.67. The number of aryl methyl sites for hydroxylation is 4. The molecule has 0 aliphatic heterocycles. The number of rotatable bonds is 8. The molecule has 0 aliphatic carbocycles. The van der Waals surface area contributed by atoms with Gasteiger partial charge in [0, 0.05) is 32.7 Å². The summed E-state index contributed by atoms with van der Waals surface area (Å²) in [4.78, 5) is 13.0. The van der Waals surface area contributed by atoms with Gasteiger partial charge in [-0.2, -0.15) is 5.10 Å². The predicted molar refractivity (Wildman–Crippen MR) is 163 cm³/mol. The van der Waals surface area contributed by atoms with E-state index in [0.29, 0.717) is 0 Å². The maximum absolute atomic E-state index is 13.6. The highest BCUT2D eigenvalue weighted by molar-refractivity contribution is 7.92.